The smallest absolute Gasteiger partial charge is 0.423 e. The fourth-order valence-corrected chi connectivity index (χ4v) is 4.62. The van der Waals surface area contributed by atoms with Gasteiger partial charge >= 0.3 is 7.12 Å². The SMILES string of the molecule is [2H]c1c([2H])c([2H])c(-c2ccc(N(c3ccc(-c4cccc(B(O)O)c4)cc3)c3ccc4ccccc4c3)cc2)c([2H])c1[2H]. The molecule has 6 aromatic rings. The first-order valence-electron chi connectivity index (χ1n) is 14.8. The minimum atomic E-state index is -1.55. The van der Waals surface area contributed by atoms with Gasteiger partial charge in [0.2, 0.25) is 0 Å². The number of nitrogens with zero attached hydrogens (tertiary/aromatic N) is 1. The van der Waals surface area contributed by atoms with Crippen LogP contribution in [0.2, 0.25) is 0 Å². The Kier molecular flexibility index (Phi) is 5.08. The van der Waals surface area contributed by atoms with Crippen molar-refractivity contribution in [3.8, 4) is 22.3 Å². The zero-order chi connectivity index (χ0) is 30.2. The molecule has 4 heteroatoms. The standard InChI is InChI=1S/C34H26BNO2/c37-35(38)31-12-6-11-29(23-31)28-15-20-33(21-16-28)36(34-22-17-26-9-4-5-10-30(26)24-34)32-18-13-27(14-19-32)25-7-2-1-3-8-25/h1-24,37-38H/i1D,2D,3D,7D,8D. The molecule has 2 N–H and O–H groups in total. The van der Waals surface area contributed by atoms with Crippen molar-refractivity contribution in [2.45, 2.75) is 0 Å². The zero-order valence-corrected chi connectivity index (χ0v) is 20.4. The Morgan fingerprint density at radius 3 is 1.76 bits per heavy atom. The van der Waals surface area contributed by atoms with Crippen LogP contribution in [0.15, 0.2) is 145 Å². The first kappa shape index (κ1) is 18.6. The van der Waals surface area contributed by atoms with Gasteiger partial charge < -0.3 is 14.9 Å². The molecule has 6 rings (SSSR count). The van der Waals surface area contributed by atoms with Crippen LogP contribution in [-0.2, 0) is 0 Å². The lowest BCUT2D eigenvalue weighted by molar-refractivity contribution is 0.426. The lowest BCUT2D eigenvalue weighted by atomic mass is 9.79. The van der Waals surface area contributed by atoms with Crippen molar-refractivity contribution in [1.82, 2.24) is 0 Å². The topological polar surface area (TPSA) is 43.7 Å². The molecule has 0 aliphatic carbocycles. The molecule has 0 atom stereocenters. The molecule has 0 amide bonds. The van der Waals surface area contributed by atoms with Crippen molar-refractivity contribution < 1.29 is 16.9 Å². The summed E-state index contributed by atoms with van der Waals surface area (Å²) in [4.78, 5) is 2.09. The van der Waals surface area contributed by atoms with Crippen LogP contribution in [0, 0.1) is 0 Å². The maximum absolute atomic E-state index is 9.60. The second-order valence-electron chi connectivity index (χ2n) is 8.96. The number of fused-ring (bicyclic) bond motifs is 1. The summed E-state index contributed by atoms with van der Waals surface area (Å²) < 4.78 is 40.8. The molecule has 0 bridgehead atoms. The molecule has 0 aliphatic rings. The number of hydrogen-bond acceptors (Lipinski definition) is 3. The van der Waals surface area contributed by atoms with Crippen LogP contribution in [0.3, 0.4) is 0 Å². The van der Waals surface area contributed by atoms with Crippen LogP contribution >= 0.6 is 0 Å². The number of rotatable bonds is 6. The number of benzene rings is 6. The van der Waals surface area contributed by atoms with E-state index in [1.807, 2.05) is 60.7 Å². The van der Waals surface area contributed by atoms with Gasteiger partial charge in [0.1, 0.15) is 0 Å². The maximum atomic E-state index is 9.60. The van der Waals surface area contributed by atoms with E-state index >= 15 is 0 Å². The van der Waals surface area contributed by atoms with Crippen molar-refractivity contribution >= 4 is 40.4 Å². The monoisotopic (exact) mass is 496 g/mol. The minimum absolute atomic E-state index is 0.161. The predicted molar refractivity (Wildman–Crippen MR) is 159 cm³/mol. The van der Waals surface area contributed by atoms with E-state index in [4.69, 9.17) is 6.85 Å². The van der Waals surface area contributed by atoms with Crippen LogP contribution in [0.5, 0.6) is 0 Å². The first-order valence-corrected chi connectivity index (χ1v) is 12.3. The second-order valence-corrected chi connectivity index (χ2v) is 8.96. The van der Waals surface area contributed by atoms with E-state index in [-0.39, 0.29) is 29.7 Å². The number of anilines is 3. The summed E-state index contributed by atoms with van der Waals surface area (Å²) >= 11 is 0. The Balaban J connectivity index is 1.44. The van der Waals surface area contributed by atoms with Crippen molar-refractivity contribution in [3.63, 3.8) is 0 Å². The van der Waals surface area contributed by atoms with Gasteiger partial charge in [0.25, 0.3) is 0 Å². The molecule has 0 spiro atoms. The molecule has 0 saturated heterocycles. The molecule has 0 fully saturated rings. The van der Waals surface area contributed by atoms with Crippen molar-refractivity contribution in [2.24, 2.45) is 0 Å². The molecule has 3 nitrogen and oxygen atoms in total. The summed E-state index contributed by atoms with van der Waals surface area (Å²) in [5, 5.41) is 21.4. The van der Waals surface area contributed by atoms with E-state index in [1.54, 1.807) is 30.3 Å². The molecule has 6 aromatic carbocycles. The third kappa shape index (κ3) is 4.83. The summed E-state index contributed by atoms with van der Waals surface area (Å²) in [5.74, 6) is 0. The van der Waals surface area contributed by atoms with Crippen LogP contribution < -0.4 is 10.4 Å². The quantitative estimate of drug-likeness (QED) is 0.238. The Bertz CT molecular complexity index is 1940. The van der Waals surface area contributed by atoms with Gasteiger partial charge in [-0.2, -0.15) is 0 Å². The summed E-state index contributed by atoms with van der Waals surface area (Å²) in [6, 6.07) is 35.1. The van der Waals surface area contributed by atoms with E-state index < -0.39 is 13.2 Å². The van der Waals surface area contributed by atoms with Gasteiger partial charge in [0.15, 0.2) is 0 Å². The highest BCUT2D eigenvalue weighted by molar-refractivity contribution is 6.58. The van der Waals surface area contributed by atoms with Gasteiger partial charge in [-0.05, 0) is 74.9 Å². The average Bonchev–Trinajstić information content (AvgIpc) is 3.04. The highest BCUT2D eigenvalue weighted by Crippen LogP contribution is 2.37. The predicted octanol–water partition coefficient (Wildman–Crippen LogP) is 7.32. The van der Waals surface area contributed by atoms with Crippen LogP contribution in [0.25, 0.3) is 33.0 Å². The molecular weight excluding hydrogens is 465 g/mol. The summed E-state index contributed by atoms with van der Waals surface area (Å²) in [6.45, 7) is 0. The fourth-order valence-electron chi connectivity index (χ4n) is 4.62. The number of hydrogen-bond donors (Lipinski definition) is 2. The highest BCUT2D eigenvalue weighted by Gasteiger charge is 2.15. The molecular formula is C34H26BNO2. The van der Waals surface area contributed by atoms with Gasteiger partial charge in [0.05, 0.1) is 6.85 Å². The Morgan fingerprint density at radius 1 is 0.500 bits per heavy atom. The van der Waals surface area contributed by atoms with Crippen molar-refractivity contribution in [2.75, 3.05) is 4.90 Å². The van der Waals surface area contributed by atoms with E-state index in [9.17, 15) is 10.0 Å². The zero-order valence-electron chi connectivity index (χ0n) is 25.4. The van der Waals surface area contributed by atoms with Gasteiger partial charge in [-0.25, -0.2) is 0 Å². The Labute approximate surface area is 230 Å². The fraction of sp³-hybridized carbons (Fsp3) is 0. The molecule has 0 unspecified atom stereocenters. The van der Waals surface area contributed by atoms with Crippen LogP contribution in [0.4, 0.5) is 17.1 Å². The molecule has 38 heavy (non-hydrogen) atoms. The van der Waals surface area contributed by atoms with Crippen molar-refractivity contribution in [1.29, 1.82) is 0 Å². The Hall–Kier alpha value is -4.64. The van der Waals surface area contributed by atoms with Crippen molar-refractivity contribution in [3.05, 3.63) is 145 Å². The van der Waals surface area contributed by atoms with Crippen LogP contribution in [-0.4, -0.2) is 17.2 Å². The van der Waals surface area contributed by atoms with E-state index in [0.29, 0.717) is 11.0 Å². The van der Waals surface area contributed by atoms with Gasteiger partial charge in [-0.1, -0.05) is 109 Å². The lowest BCUT2D eigenvalue weighted by Gasteiger charge is -2.26. The van der Waals surface area contributed by atoms with E-state index in [1.165, 1.54) is 0 Å². The maximum Gasteiger partial charge on any atom is 0.488 e. The second kappa shape index (κ2) is 10.4. The average molecular weight is 496 g/mol. The highest BCUT2D eigenvalue weighted by atomic mass is 16.4. The van der Waals surface area contributed by atoms with E-state index in [0.717, 1.165) is 39.0 Å². The first-order chi connectivity index (χ1) is 20.7. The van der Waals surface area contributed by atoms with Gasteiger partial charge in [-0.15, -0.1) is 0 Å². The normalized spacial score (nSPS) is 12.7. The molecule has 0 heterocycles. The van der Waals surface area contributed by atoms with Gasteiger partial charge in [-0.3, -0.25) is 0 Å². The molecule has 0 radical (unpaired) electrons. The summed E-state index contributed by atoms with van der Waals surface area (Å²) in [5.41, 5.74) is 5.51. The molecule has 0 aromatic heterocycles. The van der Waals surface area contributed by atoms with Gasteiger partial charge in [0, 0.05) is 17.1 Å². The lowest BCUT2D eigenvalue weighted by Crippen LogP contribution is -2.29. The summed E-state index contributed by atoms with van der Waals surface area (Å²) in [6.07, 6.45) is 0. The third-order valence-corrected chi connectivity index (χ3v) is 6.55. The minimum Gasteiger partial charge on any atom is -0.423 e. The van der Waals surface area contributed by atoms with E-state index in [2.05, 4.69) is 29.2 Å². The summed E-state index contributed by atoms with van der Waals surface area (Å²) in [7, 11) is -1.55. The van der Waals surface area contributed by atoms with Crippen LogP contribution in [0.1, 0.15) is 6.85 Å². The molecule has 182 valence electrons. The molecule has 0 aliphatic heterocycles. The Morgan fingerprint density at radius 2 is 1.11 bits per heavy atom. The largest absolute Gasteiger partial charge is 0.488 e. The molecule has 0 saturated carbocycles. The third-order valence-electron chi connectivity index (χ3n) is 6.55.